The molecule has 0 spiro atoms. The Labute approximate surface area is 123 Å². The van der Waals surface area contributed by atoms with Crippen LogP contribution >= 0.6 is 11.6 Å². The first-order valence-corrected chi connectivity index (χ1v) is 6.99. The maximum absolute atomic E-state index is 11.9. The molecule has 0 radical (unpaired) electrons. The highest BCUT2D eigenvalue weighted by molar-refractivity contribution is 6.18. The zero-order chi connectivity index (χ0) is 14.5. The number of halogens is 1. The average molecular weight is 293 g/mol. The van der Waals surface area contributed by atoms with Gasteiger partial charge in [0, 0.05) is 11.8 Å². The van der Waals surface area contributed by atoms with Crippen molar-refractivity contribution in [3.63, 3.8) is 0 Å². The predicted molar refractivity (Wildman–Crippen MR) is 80.7 cm³/mol. The molecule has 20 heavy (non-hydrogen) atoms. The second-order valence-corrected chi connectivity index (χ2v) is 5.07. The van der Waals surface area contributed by atoms with Crippen LogP contribution in [0.3, 0.4) is 0 Å². The molecular weight excluding hydrogens is 276 g/mol. The average Bonchev–Trinajstić information content (AvgIpc) is 2.50. The summed E-state index contributed by atoms with van der Waals surface area (Å²) < 4.78 is 10.5. The molecule has 2 rings (SSSR count). The quantitative estimate of drug-likeness (QED) is 0.620. The summed E-state index contributed by atoms with van der Waals surface area (Å²) in [6.45, 7) is 2.46. The molecule has 0 fully saturated rings. The molecular formula is C16H17ClO3. The van der Waals surface area contributed by atoms with Gasteiger partial charge in [0.15, 0.2) is 0 Å². The van der Waals surface area contributed by atoms with Crippen molar-refractivity contribution in [1.29, 1.82) is 0 Å². The van der Waals surface area contributed by atoms with Crippen molar-refractivity contribution in [2.45, 2.75) is 6.92 Å². The maximum atomic E-state index is 11.9. The molecule has 0 heterocycles. The lowest BCUT2D eigenvalue weighted by Crippen LogP contribution is -2.12. The fourth-order valence-electron chi connectivity index (χ4n) is 1.88. The summed E-state index contributed by atoms with van der Waals surface area (Å²) in [5.74, 6) is 0.867. The molecule has 4 heteroatoms. The van der Waals surface area contributed by atoms with Gasteiger partial charge in [-0.05, 0) is 22.9 Å². The summed E-state index contributed by atoms with van der Waals surface area (Å²) >= 11 is 5.77. The molecule has 2 aromatic rings. The topological polar surface area (TPSA) is 35.5 Å². The molecule has 0 saturated heterocycles. The van der Waals surface area contributed by atoms with Crippen LogP contribution in [0.2, 0.25) is 0 Å². The number of carbonyl (C=O) groups is 1. The molecule has 0 saturated carbocycles. The number of hydrogen-bond acceptors (Lipinski definition) is 3. The molecule has 0 N–H and O–H groups in total. The van der Waals surface area contributed by atoms with E-state index in [-0.39, 0.29) is 5.92 Å². The number of benzene rings is 2. The monoisotopic (exact) mass is 292 g/mol. The summed E-state index contributed by atoms with van der Waals surface area (Å²) in [5, 5.41) is 2.00. The van der Waals surface area contributed by atoms with Crippen molar-refractivity contribution in [2.24, 2.45) is 5.92 Å². The highest BCUT2D eigenvalue weighted by atomic mass is 35.5. The Morgan fingerprint density at radius 3 is 2.50 bits per heavy atom. The number of hydrogen-bond donors (Lipinski definition) is 0. The number of fused-ring (bicyclic) bond motifs is 1. The second-order valence-electron chi connectivity index (χ2n) is 4.76. The van der Waals surface area contributed by atoms with Gasteiger partial charge in [0.2, 0.25) is 0 Å². The van der Waals surface area contributed by atoms with Crippen molar-refractivity contribution >= 4 is 28.3 Å². The molecule has 0 aromatic heterocycles. The number of rotatable bonds is 5. The molecule has 106 valence electrons. The van der Waals surface area contributed by atoms with E-state index in [0.717, 1.165) is 10.8 Å². The van der Waals surface area contributed by atoms with Gasteiger partial charge in [-0.1, -0.05) is 31.2 Å². The van der Waals surface area contributed by atoms with Gasteiger partial charge >= 0.3 is 5.97 Å². The lowest BCUT2D eigenvalue weighted by Gasteiger charge is -2.14. The first-order chi connectivity index (χ1) is 9.65. The van der Waals surface area contributed by atoms with Gasteiger partial charge in [-0.2, -0.15) is 0 Å². The van der Waals surface area contributed by atoms with E-state index >= 15 is 0 Å². The highest BCUT2D eigenvalue weighted by Gasteiger charge is 2.15. The van der Waals surface area contributed by atoms with Crippen LogP contribution in [0.25, 0.3) is 10.8 Å². The Bertz CT molecular complexity index is 610. The van der Waals surface area contributed by atoms with Crippen molar-refractivity contribution < 1.29 is 14.3 Å². The summed E-state index contributed by atoms with van der Waals surface area (Å²) in [6.07, 6.45) is 0. The molecule has 0 bridgehead atoms. The van der Waals surface area contributed by atoms with E-state index in [0.29, 0.717) is 23.8 Å². The molecule has 3 nitrogen and oxygen atoms in total. The van der Waals surface area contributed by atoms with Crippen LogP contribution in [0.1, 0.15) is 17.3 Å². The van der Waals surface area contributed by atoms with Crippen LogP contribution in [0.15, 0.2) is 36.4 Å². The van der Waals surface area contributed by atoms with Crippen LogP contribution < -0.4 is 4.74 Å². The number of ether oxygens (including phenoxy) is 2. The van der Waals surface area contributed by atoms with Gasteiger partial charge in [0.25, 0.3) is 0 Å². The lowest BCUT2D eigenvalue weighted by atomic mass is 10.1. The third kappa shape index (κ3) is 3.23. The van der Waals surface area contributed by atoms with Crippen LogP contribution in [0.4, 0.5) is 0 Å². The Hall–Kier alpha value is -1.74. The van der Waals surface area contributed by atoms with Crippen LogP contribution in [0.5, 0.6) is 5.75 Å². The van der Waals surface area contributed by atoms with Gasteiger partial charge in [0.1, 0.15) is 11.3 Å². The van der Waals surface area contributed by atoms with E-state index < -0.39 is 5.97 Å². The zero-order valence-corrected chi connectivity index (χ0v) is 12.3. The molecule has 1 atom stereocenters. The Morgan fingerprint density at radius 2 is 1.90 bits per heavy atom. The number of methoxy groups -OCH3 is 1. The summed E-state index contributed by atoms with van der Waals surface area (Å²) in [4.78, 5) is 11.9. The zero-order valence-electron chi connectivity index (χ0n) is 11.6. The van der Waals surface area contributed by atoms with Crippen molar-refractivity contribution in [2.75, 3.05) is 19.6 Å². The minimum absolute atomic E-state index is 0.216. The molecule has 0 aliphatic rings. The number of alkyl halides is 1. The minimum atomic E-state index is -0.399. The molecule has 0 aliphatic carbocycles. The van der Waals surface area contributed by atoms with Gasteiger partial charge < -0.3 is 9.47 Å². The van der Waals surface area contributed by atoms with E-state index in [1.165, 1.54) is 7.11 Å². The molecule has 0 amide bonds. The van der Waals surface area contributed by atoms with Crippen molar-refractivity contribution in [3.8, 4) is 5.75 Å². The van der Waals surface area contributed by atoms with Crippen molar-refractivity contribution in [3.05, 3.63) is 42.0 Å². The summed E-state index contributed by atoms with van der Waals surface area (Å²) in [6, 6.07) is 11.5. The fourth-order valence-corrected chi connectivity index (χ4v) is 1.97. The third-order valence-electron chi connectivity index (χ3n) is 3.04. The standard InChI is InChI=1S/C16H17ClO3/c1-11(9-17)10-20-15-8-13-6-4-3-5-12(13)7-14(15)16(18)19-2/h3-8,11H,9-10H2,1-2H3. The summed E-state index contributed by atoms with van der Waals surface area (Å²) in [7, 11) is 1.36. The minimum Gasteiger partial charge on any atom is -0.492 e. The normalized spacial score (nSPS) is 12.2. The largest absolute Gasteiger partial charge is 0.492 e. The van der Waals surface area contributed by atoms with Gasteiger partial charge in [0.05, 0.1) is 13.7 Å². The second kappa shape index (κ2) is 6.62. The van der Waals surface area contributed by atoms with Gasteiger partial charge in [-0.3, -0.25) is 0 Å². The molecule has 2 aromatic carbocycles. The first kappa shape index (κ1) is 14.7. The van der Waals surface area contributed by atoms with Gasteiger partial charge in [-0.15, -0.1) is 11.6 Å². The highest BCUT2D eigenvalue weighted by Crippen LogP contribution is 2.27. The number of esters is 1. The van der Waals surface area contributed by atoms with Crippen LogP contribution in [0, 0.1) is 5.92 Å². The van der Waals surface area contributed by atoms with E-state index in [9.17, 15) is 4.79 Å². The van der Waals surface area contributed by atoms with E-state index in [1.54, 1.807) is 6.07 Å². The maximum Gasteiger partial charge on any atom is 0.341 e. The van der Waals surface area contributed by atoms with Crippen molar-refractivity contribution in [1.82, 2.24) is 0 Å². The smallest absolute Gasteiger partial charge is 0.341 e. The predicted octanol–water partition coefficient (Wildman–Crippen LogP) is 3.88. The Balaban J connectivity index is 2.40. The molecule has 0 aliphatic heterocycles. The SMILES string of the molecule is COC(=O)c1cc2ccccc2cc1OCC(C)CCl. The lowest BCUT2D eigenvalue weighted by molar-refractivity contribution is 0.0595. The van der Waals surface area contributed by atoms with Crippen LogP contribution in [-0.2, 0) is 4.74 Å². The molecule has 1 unspecified atom stereocenters. The number of carbonyl (C=O) groups excluding carboxylic acids is 1. The Kier molecular flexibility index (Phi) is 4.85. The van der Waals surface area contributed by atoms with Gasteiger partial charge in [-0.25, -0.2) is 4.79 Å². The summed E-state index contributed by atoms with van der Waals surface area (Å²) in [5.41, 5.74) is 0.438. The van der Waals surface area contributed by atoms with E-state index in [4.69, 9.17) is 21.1 Å². The fraction of sp³-hybridized carbons (Fsp3) is 0.312. The Morgan fingerprint density at radius 1 is 1.25 bits per heavy atom. The van der Waals surface area contributed by atoms with E-state index in [2.05, 4.69) is 0 Å². The first-order valence-electron chi connectivity index (χ1n) is 6.45. The van der Waals surface area contributed by atoms with Crippen LogP contribution in [-0.4, -0.2) is 25.6 Å². The van der Waals surface area contributed by atoms with E-state index in [1.807, 2.05) is 37.3 Å². The third-order valence-corrected chi connectivity index (χ3v) is 3.57.